The highest BCUT2D eigenvalue weighted by Gasteiger charge is 2.30. The Balaban J connectivity index is 1.94. The average molecular weight is 224 g/mol. The van der Waals surface area contributed by atoms with Crippen LogP contribution in [-0.2, 0) is 9.59 Å². The van der Waals surface area contributed by atoms with Gasteiger partial charge in [-0.05, 0) is 25.7 Å². The SMILES string of the molecule is CC(C1CCCCC1)N1CC(=O)NC(=O)C1. The van der Waals surface area contributed by atoms with E-state index in [1.165, 1.54) is 32.1 Å². The van der Waals surface area contributed by atoms with E-state index in [0.717, 1.165) is 0 Å². The molecule has 0 aromatic heterocycles. The number of imide groups is 1. The second kappa shape index (κ2) is 4.95. The second-order valence-electron chi connectivity index (χ2n) is 5.02. The van der Waals surface area contributed by atoms with Crippen LogP contribution in [0.15, 0.2) is 0 Å². The van der Waals surface area contributed by atoms with Crippen molar-refractivity contribution in [2.75, 3.05) is 13.1 Å². The third-order valence-corrected chi connectivity index (χ3v) is 3.88. The van der Waals surface area contributed by atoms with E-state index < -0.39 is 0 Å². The van der Waals surface area contributed by atoms with Gasteiger partial charge in [0.1, 0.15) is 0 Å². The molecular formula is C12H20N2O2. The summed E-state index contributed by atoms with van der Waals surface area (Å²) >= 11 is 0. The van der Waals surface area contributed by atoms with Crippen molar-refractivity contribution >= 4 is 11.8 Å². The van der Waals surface area contributed by atoms with E-state index in [9.17, 15) is 9.59 Å². The van der Waals surface area contributed by atoms with E-state index in [4.69, 9.17) is 0 Å². The zero-order valence-electron chi connectivity index (χ0n) is 9.87. The molecule has 0 radical (unpaired) electrons. The molecule has 16 heavy (non-hydrogen) atoms. The lowest BCUT2D eigenvalue weighted by molar-refractivity contribution is -0.137. The summed E-state index contributed by atoms with van der Waals surface area (Å²) in [6.07, 6.45) is 6.41. The fourth-order valence-corrected chi connectivity index (χ4v) is 2.86. The number of carbonyl (C=O) groups is 2. The Bertz CT molecular complexity index is 269. The number of piperazine rings is 1. The highest BCUT2D eigenvalue weighted by molar-refractivity contribution is 5.99. The lowest BCUT2D eigenvalue weighted by Crippen LogP contribution is -2.55. The third-order valence-electron chi connectivity index (χ3n) is 3.88. The van der Waals surface area contributed by atoms with Crippen LogP contribution < -0.4 is 5.32 Å². The summed E-state index contributed by atoms with van der Waals surface area (Å²) in [6.45, 7) is 2.91. The van der Waals surface area contributed by atoms with Gasteiger partial charge in [-0.2, -0.15) is 0 Å². The van der Waals surface area contributed by atoms with Crippen LogP contribution in [0.25, 0.3) is 0 Å². The molecule has 2 amide bonds. The quantitative estimate of drug-likeness (QED) is 0.709. The molecule has 90 valence electrons. The van der Waals surface area contributed by atoms with Crippen molar-refractivity contribution in [3.05, 3.63) is 0 Å². The van der Waals surface area contributed by atoms with Gasteiger partial charge in [0.2, 0.25) is 11.8 Å². The van der Waals surface area contributed by atoms with Gasteiger partial charge >= 0.3 is 0 Å². The molecule has 1 N–H and O–H groups in total. The van der Waals surface area contributed by atoms with Crippen molar-refractivity contribution in [1.29, 1.82) is 0 Å². The summed E-state index contributed by atoms with van der Waals surface area (Å²) in [7, 11) is 0. The van der Waals surface area contributed by atoms with E-state index in [0.29, 0.717) is 25.0 Å². The van der Waals surface area contributed by atoms with Gasteiger partial charge < -0.3 is 0 Å². The minimum absolute atomic E-state index is 0.154. The summed E-state index contributed by atoms with van der Waals surface area (Å²) in [5.41, 5.74) is 0. The standard InChI is InChI=1S/C12H20N2O2/c1-9(10-5-3-2-4-6-10)14-7-11(15)13-12(16)8-14/h9-10H,2-8H2,1H3,(H,13,15,16). The fraction of sp³-hybridized carbons (Fsp3) is 0.833. The fourth-order valence-electron chi connectivity index (χ4n) is 2.86. The van der Waals surface area contributed by atoms with Crippen molar-refractivity contribution < 1.29 is 9.59 Å². The lowest BCUT2D eigenvalue weighted by atomic mass is 9.84. The molecule has 2 rings (SSSR count). The van der Waals surface area contributed by atoms with Crippen molar-refractivity contribution in [3.8, 4) is 0 Å². The Labute approximate surface area is 96.4 Å². The average Bonchev–Trinajstić information content (AvgIpc) is 2.28. The van der Waals surface area contributed by atoms with Gasteiger partial charge in [0, 0.05) is 6.04 Å². The summed E-state index contributed by atoms with van der Waals surface area (Å²) < 4.78 is 0. The lowest BCUT2D eigenvalue weighted by Gasteiger charge is -2.37. The van der Waals surface area contributed by atoms with Gasteiger partial charge in [-0.3, -0.25) is 19.8 Å². The van der Waals surface area contributed by atoms with Crippen molar-refractivity contribution in [2.24, 2.45) is 5.92 Å². The minimum Gasteiger partial charge on any atom is -0.294 e. The van der Waals surface area contributed by atoms with Crippen molar-refractivity contribution in [1.82, 2.24) is 10.2 Å². The summed E-state index contributed by atoms with van der Waals surface area (Å²) in [4.78, 5) is 24.6. The van der Waals surface area contributed by atoms with E-state index >= 15 is 0 Å². The van der Waals surface area contributed by atoms with E-state index in [1.807, 2.05) is 4.90 Å². The maximum Gasteiger partial charge on any atom is 0.240 e. The van der Waals surface area contributed by atoms with Gasteiger partial charge in [-0.1, -0.05) is 19.3 Å². The Morgan fingerprint density at radius 1 is 1.12 bits per heavy atom. The number of hydrogen-bond donors (Lipinski definition) is 1. The number of nitrogens with zero attached hydrogens (tertiary/aromatic N) is 1. The number of carbonyl (C=O) groups excluding carboxylic acids is 2. The molecule has 1 heterocycles. The topological polar surface area (TPSA) is 49.4 Å². The number of hydrogen-bond acceptors (Lipinski definition) is 3. The first-order valence-electron chi connectivity index (χ1n) is 6.23. The first-order chi connectivity index (χ1) is 7.66. The first-order valence-corrected chi connectivity index (χ1v) is 6.23. The van der Waals surface area contributed by atoms with E-state index in [2.05, 4.69) is 12.2 Å². The largest absolute Gasteiger partial charge is 0.294 e. The molecule has 2 fully saturated rings. The van der Waals surface area contributed by atoms with E-state index in [1.54, 1.807) is 0 Å². The molecule has 0 aromatic rings. The Morgan fingerprint density at radius 2 is 1.69 bits per heavy atom. The van der Waals surface area contributed by atoms with Gasteiger partial charge in [-0.25, -0.2) is 0 Å². The van der Waals surface area contributed by atoms with Crippen LogP contribution in [0.2, 0.25) is 0 Å². The molecule has 1 saturated heterocycles. The molecule has 1 unspecified atom stereocenters. The molecule has 2 aliphatic rings. The minimum atomic E-state index is -0.154. The monoisotopic (exact) mass is 224 g/mol. The first kappa shape index (κ1) is 11.6. The maximum absolute atomic E-state index is 11.3. The summed E-state index contributed by atoms with van der Waals surface area (Å²) in [5, 5.41) is 2.35. The molecule has 1 aliphatic carbocycles. The van der Waals surface area contributed by atoms with Crippen LogP contribution in [0.3, 0.4) is 0 Å². The molecule has 1 aliphatic heterocycles. The highest BCUT2D eigenvalue weighted by atomic mass is 16.2. The zero-order chi connectivity index (χ0) is 11.5. The number of rotatable bonds is 2. The van der Waals surface area contributed by atoms with Crippen LogP contribution in [0, 0.1) is 5.92 Å². The van der Waals surface area contributed by atoms with Crippen LogP contribution in [0.4, 0.5) is 0 Å². The van der Waals surface area contributed by atoms with Crippen molar-refractivity contribution in [2.45, 2.75) is 45.1 Å². The predicted octanol–water partition coefficient (Wildman–Crippen LogP) is 0.914. The Morgan fingerprint density at radius 3 is 2.25 bits per heavy atom. The Hall–Kier alpha value is -0.900. The van der Waals surface area contributed by atoms with Crippen LogP contribution in [0.1, 0.15) is 39.0 Å². The van der Waals surface area contributed by atoms with Gasteiger partial charge in [-0.15, -0.1) is 0 Å². The normalized spacial score (nSPS) is 26.6. The van der Waals surface area contributed by atoms with Crippen LogP contribution in [-0.4, -0.2) is 35.8 Å². The molecule has 1 saturated carbocycles. The maximum atomic E-state index is 11.3. The van der Waals surface area contributed by atoms with Crippen molar-refractivity contribution in [3.63, 3.8) is 0 Å². The third kappa shape index (κ3) is 2.61. The zero-order valence-corrected chi connectivity index (χ0v) is 9.87. The molecule has 0 aromatic carbocycles. The molecule has 1 atom stereocenters. The second-order valence-corrected chi connectivity index (χ2v) is 5.02. The van der Waals surface area contributed by atoms with Crippen LogP contribution >= 0.6 is 0 Å². The molecule has 4 heteroatoms. The highest BCUT2D eigenvalue weighted by Crippen LogP contribution is 2.28. The molecule has 0 spiro atoms. The van der Waals surface area contributed by atoms with E-state index in [-0.39, 0.29) is 11.8 Å². The number of nitrogens with one attached hydrogen (secondary N) is 1. The summed E-state index contributed by atoms with van der Waals surface area (Å²) in [6, 6.07) is 0.357. The smallest absolute Gasteiger partial charge is 0.240 e. The molecule has 4 nitrogen and oxygen atoms in total. The van der Waals surface area contributed by atoms with Gasteiger partial charge in [0.25, 0.3) is 0 Å². The van der Waals surface area contributed by atoms with Gasteiger partial charge in [0.15, 0.2) is 0 Å². The summed E-state index contributed by atoms with van der Waals surface area (Å²) in [5.74, 6) is 0.352. The molecular weight excluding hydrogens is 204 g/mol. The predicted molar refractivity (Wildman–Crippen MR) is 60.8 cm³/mol. The number of amides is 2. The van der Waals surface area contributed by atoms with Gasteiger partial charge in [0.05, 0.1) is 13.1 Å². The van der Waals surface area contributed by atoms with Crippen LogP contribution in [0.5, 0.6) is 0 Å². The molecule has 0 bridgehead atoms. The Kier molecular flexibility index (Phi) is 3.59.